The van der Waals surface area contributed by atoms with Gasteiger partial charge in [0.05, 0.1) is 5.69 Å². The van der Waals surface area contributed by atoms with Gasteiger partial charge in [-0.3, -0.25) is 5.10 Å². The van der Waals surface area contributed by atoms with Gasteiger partial charge in [0.25, 0.3) is 5.95 Å². The zero-order valence-electron chi connectivity index (χ0n) is 12.7. The second-order valence-electron chi connectivity index (χ2n) is 5.18. The SMILES string of the molecule is CCCc1nc(N(C)CCCc2c(C)n[nH]c2C)no1. The number of H-pyrrole nitrogens is 1. The molecule has 0 saturated heterocycles. The van der Waals surface area contributed by atoms with Gasteiger partial charge < -0.3 is 9.42 Å². The van der Waals surface area contributed by atoms with E-state index in [1.165, 1.54) is 5.56 Å². The fourth-order valence-electron chi connectivity index (χ4n) is 2.25. The van der Waals surface area contributed by atoms with Crippen molar-refractivity contribution in [3.05, 3.63) is 22.8 Å². The lowest BCUT2D eigenvalue weighted by molar-refractivity contribution is 0.376. The third kappa shape index (κ3) is 3.37. The van der Waals surface area contributed by atoms with E-state index in [-0.39, 0.29) is 0 Å². The van der Waals surface area contributed by atoms with Gasteiger partial charge >= 0.3 is 0 Å². The van der Waals surface area contributed by atoms with Gasteiger partial charge in [0.1, 0.15) is 0 Å². The van der Waals surface area contributed by atoms with Gasteiger partial charge in [0.15, 0.2) is 0 Å². The van der Waals surface area contributed by atoms with Crippen LogP contribution in [0.1, 0.15) is 42.6 Å². The van der Waals surface area contributed by atoms with Crippen LogP contribution in [0.2, 0.25) is 0 Å². The molecule has 2 aromatic rings. The molecule has 2 aromatic heterocycles. The van der Waals surface area contributed by atoms with Crippen LogP contribution in [0.4, 0.5) is 5.95 Å². The summed E-state index contributed by atoms with van der Waals surface area (Å²) in [4.78, 5) is 6.42. The molecule has 0 bridgehead atoms. The van der Waals surface area contributed by atoms with E-state index in [1.54, 1.807) is 0 Å². The highest BCUT2D eigenvalue weighted by molar-refractivity contribution is 5.27. The summed E-state index contributed by atoms with van der Waals surface area (Å²) in [6.07, 6.45) is 3.91. The molecule has 110 valence electrons. The molecule has 6 heteroatoms. The summed E-state index contributed by atoms with van der Waals surface area (Å²) in [6, 6.07) is 0. The average Bonchev–Trinajstić information content (AvgIpc) is 3.00. The van der Waals surface area contributed by atoms with Crippen molar-refractivity contribution in [1.29, 1.82) is 0 Å². The van der Waals surface area contributed by atoms with Crippen LogP contribution in [0.3, 0.4) is 0 Å². The van der Waals surface area contributed by atoms with Crippen molar-refractivity contribution in [1.82, 2.24) is 20.3 Å². The number of aromatic nitrogens is 4. The highest BCUT2D eigenvalue weighted by atomic mass is 16.5. The number of nitrogens with zero attached hydrogens (tertiary/aromatic N) is 4. The van der Waals surface area contributed by atoms with E-state index >= 15 is 0 Å². The van der Waals surface area contributed by atoms with Crippen molar-refractivity contribution in [3.8, 4) is 0 Å². The standard InChI is InChI=1S/C14H23N5O/c1-5-7-13-15-14(18-20-13)19(4)9-6-8-12-10(2)16-17-11(12)3/h5-9H2,1-4H3,(H,16,17). The molecule has 0 aliphatic carbocycles. The predicted molar refractivity (Wildman–Crippen MR) is 77.9 cm³/mol. The first-order chi connectivity index (χ1) is 9.61. The second-order valence-corrected chi connectivity index (χ2v) is 5.18. The molecule has 2 rings (SSSR count). The van der Waals surface area contributed by atoms with Gasteiger partial charge in [0.2, 0.25) is 5.89 Å². The zero-order chi connectivity index (χ0) is 14.5. The van der Waals surface area contributed by atoms with Crippen LogP contribution in [0.5, 0.6) is 0 Å². The van der Waals surface area contributed by atoms with E-state index in [4.69, 9.17) is 4.52 Å². The largest absolute Gasteiger partial charge is 0.341 e. The molecule has 1 N–H and O–H groups in total. The molecule has 6 nitrogen and oxygen atoms in total. The maximum absolute atomic E-state index is 5.20. The van der Waals surface area contributed by atoms with Crippen molar-refractivity contribution in [2.24, 2.45) is 0 Å². The maximum atomic E-state index is 5.20. The minimum Gasteiger partial charge on any atom is -0.341 e. The van der Waals surface area contributed by atoms with Gasteiger partial charge in [-0.1, -0.05) is 6.92 Å². The number of aromatic amines is 1. The van der Waals surface area contributed by atoms with Crippen LogP contribution in [0, 0.1) is 13.8 Å². The van der Waals surface area contributed by atoms with Crippen molar-refractivity contribution in [2.45, 2.75) is 46.5 Å². The first-order valence-corrected chi connectivity index (χ1v) is 7.16. The Morgan fingerprint density at radius 3 is 2.70 bits per heavy atom. The van der Waals surface area contributed by atoms with Crippen LogP contribution in [-0.2, 0) is 12.8 Å². The summed E-state index contributed by atoms with van der Waals surface area (Å²) in [5.74, 6) is 1.39. The Morgan fingerprint density at radius 1 is 1.25 bits per heavy atom. The molecule has 0 fully saturated rings. The van der Waals surface area contributed by atoms with Crippen LogP contribution in [0.15, 0.2) is 4.52 Å². The van der Waals surface area contributed by atoms with E-state index in [1.807, 2.05) is 18.9 Å². The molecule has 0 aliphatic heterocycles. The Kier molecular flexibility index (Phi) is 4.76. The summed E-state index contributed by atoms with van der Waals surface area (Å²) >= 11 is 0. The van der Waals surface area contributed by atoms with Crippen LogP contribution >= 0.6 is 0 Å². The van der Waals surface area contributed by atoms with Gasteiger partial charge in [-0.2, -0.15) is 10.1 Å². The Bertz CT molecular complexity index is 526. The highest BCUT2D eigenvalue weighted by Gasteiger charge is 2.11. The number of hydrogen-bond donors (Lipinski definition) is 1. The lowest BCUT2D eigenvalue weighted by atomic mass is 10.1. The van der Waals surface area contributed by atoms with Gasteiger partial charge in [-0.05, 0) is 43.8 Å². The molecule has 0 unspecified atom stereocenters. The average molecular weight is 277 g/mol. The Balaban J connectivity index is 1.84. The quantitative estimate of drug-likeness (QED) is 0.841. The molecule has 0 atom stereocenters. The topological polar surface area (TPSA) is 70.8 Å². The lowest BCUT2D eigenvalue weighted by Gasteiger charge is -2.13. The molecule has 0 radical (unpaired) electrons. The molecule has 20 heavy (non-hydrogen) atoms. The zero-order valence-corrected chi connectivity index (χ0v) is 12.7. The third-order valence-corrected chi connectivity index (χ3v) is 3.46. The number of hydrogen-bond acceptors (Lipinski definition) is 5. The molecule has 0 aliphatic rings. The Morgan fingerprint density at radius 2 is 2.05 bits per heavy atom. The number of anilines is 1. The van der Waals surface area contributed by atoms with Crippen LogP contribution in [0.25, 0.3) is 0 Å². The molecule has 2 heterocycles. The Labute approximate surface area is 119 Å². The molecule has 0 amide bonds. The predicted octanol–water partition coefficient (Wildman–Crippen LogP) is 2.43. The minimum atomic E-state index is 0.675. The highest BCUT2D eigenvalue weighted by Crippen LogP contribution is 2.14. The van der Waals surface area contributed by atoms with Crippen molar-refractivity contribution in [3.63, 3.8) is 0 Å². The van der Waals surface area contributed by atoms with E-state index in [0.717, 1.165) is 49.5 Å². The first-order valence-electron chi connectivity index (χ1n) is 7.16. The lowest BCUT2D eigenvalue weighted by Crippen LogP contribution is -2.20. The summed E-state index contributed by atoms with van der Waals surface area (Å²) in [5, 5.41) is 11.2. The second kappa shape index (κ2) is 6.54. The molecule has 0 saturated carbocycles. The van der Waals surface area contributed by atoms with Crippen molar-refractivity contribution >= 4 is 5.95 Å². The minimum absolute atomic E-state index is 0.675. The normalized spacial score (nSPS) is 11.0. The Hall–Kier alpha value is -1.85. The first kappa shape index (κ1) is 14.6. The summed E-state index contributed by atoms with van der Waals surface area (Å²) in [6.45, 7) is 7.10. The molecular formula is C14H23N5O. The van der Waals surface area contributed by atoms with E-state index in [0.29, 0.717) is 5.95 Å². The molecule has 0 aromatic carbocycles. The summed E-state index contributed by atoms with van der Waals surface area (Å²) in [5.41, 5.74) is 3.57. The van der Waals surface area contributed by atoms with Gasteiger partial charge in [0, 0.05) is 25.7 Å². The fourth-order valence-corrected chi connectivity index (χ4v) is 2.25. The van der Waals surface area contributed by atoms with Gasteiger partial charge in [-0.25, -0.2) is 0 Å². The smallest absolute Gasteiger partial charge is 0.265 e. The van der Waals surface area contributed by atoms with Crippen molar-refractivity contribution in [2.75, 3.05) is 18.5 Å². The molecular weight excluding hydrogens is 254 g/mol. The van der Waals surface area contributed by atoms with E-state index in [9.17, 15) is 0 Å². The van der Waals surface area contributed by atoms with Crippen LogP contribution in [-0.4, -0.2) is 33.9 Å². The maximum Gasteiger partial charge on any atom is 0.265 e. The van der Waals surface area contributed by atoms with E-state index in [2.05, 4.69) is 34.2 Å². The fraction of sp³-hybridized carbons (Fsp3) is 0.643. The third-order valence-electron chi connectivity index (χ3n) is 3.46. The number of rotatable bonds is 7. The monoisotopic (exact) mass is 277 g/mol. The number of aryl methyl sites for hydroxylation is 3. The van der Waals surface area contributed by atoms with Crippen LogP contribution < -0.4 is 4.90 Å². The summed E-state index contributed by atoms with van der Waals surface area (Å²) < 4.78 is 5.20. The summed E-state index contributed by atoms with van der Waals surface area (Å²) in [7, 11) is 2.00. The van der Waals surface area contributed by atoms with Crippen molar-refractivity contribution < 1.29 is 4.52 Å². The molecule has 0 spiro atoms. The number of nitrogens with one attached hydrogen (secondary N) is 1. The van der Waals surface area contributed by atoms with E-state index < -0.39 is 0 Å². The van der Waals surface area contributed by atoms with Gasteiger partial charge in [-0.15, -0.1) is 0 Å².